The Morgan fingerprint density at radius 1 is 1.06 bits per heavy atom. The van der Waals surface area contributed by atoms with Crippen LogP contribution in [0.25, 0.3) is 0 Å². The molecule has 0 radical (unpaired) electrons. The first-order valence-corrected chi connectivity index (χ1v) is 12.5. The summed E-state index contributed by atoms with van der Waals surface area (Å²) in [5.41, 5.74) is 2.31. The number of rotatable bonds is 6. The van der Waals surface area contributed by atoms with Crippen molar-refractivity contribution in [3.8, 4) is 0 Å². The zero-order valence-electron chi connectivity index (χ0n) is 17.9. The van der Waals surface area contributed by atoms with E-state index >= 15 is 0 Å². The van der Waals surface area contributed by atoms with Crippen molar-refractivity contribution in [1.29, 1.82) is 0 Å². The fourth-order valence-electron chi connectivity index (χ4n) is 4.38. The number of ether oxygens (including phenoxy) is 1. The number of sulfonamides is 1. The van der Waals surface area contributed by atoms with E-state index < -0.39 is 15.3 Å². The first kappa shape index (κ1) is 22.0. The minimum atomic E-state index is -3.47. The lowest BCUT2D eigenvalue weighted by molar-refractivity contribution is 0.0945. The summed E-state index contributed by atoms with van der Waals surface area (Å²) in [5.74, 6) is 0.271. The van der Waals surface area contributed by atoms with Crippen LogP contribution < -0.4 is 5.32 Å². The standard InChI is InChI=1S/C24H30N2O4S/c1-18-7-12-23(21-5-3-2-4-6-21)31(28,29)26(18)16-19-8-10-22(11-9-19)24(27)25-15-20-13-14-30-17-20/h2-6,8-11,18,20,23H,7,12-17H2,1H3,(H,25,27)/t18-,20?,23?/m0/s1. The van der Waals surface area contributed by atoms with Crippen molar-refractivity contribution in [1.82, 2.24) is 9.62 Å². The second kappa shape index (κ2) is 9.51. The molecule has 0 aliphatic carbocycles. The molecule has 1 amide bonds. The van der Waals surface area contributed by atoms with Gasteiger partial charge in [-0.1, -0.05) is 42.5 Å². The van der Waals surface area contributed by atoms with Crippen molar-refractivity contribution in [3.05, 3.63) is 71.3 Å². The van der Waals surface area contributed by atoms with Gasteiger partial charge in [0.15, 0.2) is 0 Å². The van der Waals surface area contributed by atoms with E-state index in [9.17, 15) is 13.2 Å². The van der Waals surface area contributed by atoms with Crippen LogP contribution in [0, 0.1) is 5.92 Å². The van der Waals surface area contributed by atoms with Gasteiger partial charge in [0.05, 0.1) is 6.61 Å². The summed E-state index contributed by atoms with van der Waals surface area (Å²) < 4.78 is 33.7. The van der Waals surface area contributed by atoms with E-state index in [1.54, 1.807) is 16.4 Å². The van der Waals surface area contributed by atoms with Crippen LogP contribution in [0.3, 0.4) is 0 Å². The lowest BCUT2D eigenvalue weighted by Crippen LogP contribution is -2.44. The number of carbonyl (C=O) groups is 1. The van der Waals surface area contributed by atoms with Crippen LogP contribution in [-0.4, -0.2) is 44.4 Å². The normalized spacial score (nSPS) is 25.9. The number of amides is 1. The van der Waals surface area contributed by atoms with Crippen molar-refractivity contribution >= 4 is 15.9 Å². The molecular formula is C24H30N2O4S. The molecule has 3 atom stereocenters. The quantitative estimate of drug-likeness (QED) is 0.743. The molecule has 31 heavy (non-hydrogen) atoms. The molecule has 0 saturated carbocycles. The largest absolute Gasteiger partial charge is 0.381 e. The molecule has 166 valence electrons. The number of hydrogen-bond acceptors (Lipinski definition) is 4. The van der Waals surface area contributed by atoms with Crippen LogP contribution in [0.1, 0.15) is 52.9 Å². The first-order valence-electron chi connectivity index (χ1n) is 11.0. The minimum absolute atomic E-state index is 0.0541. The van der Waals surface area contributed by atoms with Gasteiger partial charge in [-0.05, 0) is 49.4 Å². The van der Waals surface area contributed by atoms with Crippen molar-refractivity contribution < 1.29 is 17.9 Å². The van der Waals surface area contributed by atoms with E-state index in [-0.39, 0.29) is 11.9 Å². The molecule has 2 heterocycles. The molecule has 0 spiro atoms. The lowest BCUT2D eigenvalue weighted by atomic mass is 10.0. The molecular weight excluding hydrogens is 412 g/mol. The van der Waals surface area contributed by atoms with Crippen LogP contribution in [0.2, 0.25) is 0 Å². The van der Waals surface area contributed by atoms with Gasteiger partial charge in [0.1, 0.15) is 5.25 Å². The van der Waals surface area contributed by atoms with E-state index in [1.165, 1.54) is 0 Å². The maximum absolute atomic E-state index is 13.4. The van der Waals surface area contributed by atoms with E-state index in [4.69, 9.17) is 4.74 Å². The SMILES string of the molecule is C[C@H]1CCC(c2ccccc2)S(=O)(=O)N1Cc1ccc(C(=O)NCC2CCOC2)cc1. The fraction of sp³-hybridized carbons (Fsp3) is 0.458. The third-order valence-corrected chi connectivity index (χ3v) is 8.70. The lowest BCUT2D eigenvalue weighted by Gasteiger charge is -2.37. The maximum atomic E-state index is 13.4. The Hall–Kier alpha value is -2.22. The second-order valence-electron chi connectivity index (χ2n) is 8.55. The van der Waals surface area contributed by atoms with Crippen molar-refractivity contribution in [2.45, 2.75) is 44.0 Å². The highest BCUT2D eigenvalue weighted by Crippen LogP contribution is 2.38. The third-order valence-electron chi connectivity index (χ3n) is 6.33. The van der Waals surface area contributed by atoms with Crippen LogP contribution >= 0.6 is 0 Å². The molecule has 2 fully saturated rings. The topological polar surface area (TPSA) is 75.7 Å². The Bertz CT molecular complexity index is 986. The highest BCUT2D eigenvalue weighted by Gasteiger charge is 2.40. The fourth-order valence-corrected chi connectivity index (χ4v) is 6.57. The molecule has 1 N–H and O–H groups in total. The van der Waals surface area contributed by atoms with Gasteiger partial charge in [0.25, 0.3) is 5.91 Å². The monoisotopic (exact) mass is 442 g/mol. The molecule has 7 heteroatoms. The van der Waals surface area contributed by atoms with E-state index in [1.807, 2.05) is 49.4 Å². The van der Waals surface area contributed by atoms with E-state index in [2.05, 4.69) is 5.32 Å². The molecule has 2 aromatic rings. The average Bonchev–Trinajstić information content (AvgIpc) is 3.29. The number of nitrogens with zero attached hydrogens (tertiary/aromatic N) is 1. The van der Waals surface area contributed by atoms with Crippen LogP contribution in [0.15, 0.2) is 54.6 Å². The Morgan fingerprint density at radius 3 is 2.48 bits per heavy atom. The maximum Gasteiger partial charge on any atom is 0.251 e. The van der Waals surface area contributed by atoms with Gasteiger partial charge < -0.3 is 10.1 Å². The van der Waals surface area contributed by atoms with Gasteiger partial charge in [-0.3, -0.25) is 4.79 Å². The van der Waals surface area contributed by atoms with Crippen molar-refractivity contribution in [2.75, 3.05) is 19.8 Å². The van der Waals surface area contributed by atoms with Crippen molar-refractivity contribution in [2.24, 2.45) is 5.92 Å². The molecule has 2 aliphatic heterocycles. The Kier molecular flexibility index (Phi) is 6.74. The predicted octanol–water partition coefficient (Wildman–Crippen LogP) is 3.51. The summed E-state index contributed by atoms with van der Waals surface area (Å²) >= 11 is 0. The smallest absolute Gasteiger partial charge is 0.251 e. The summed E-state index contributed by atoms with van der Waals surface area (Å²) in [7, 11) is -3.47. The highest BCUT2D eigenvalue weighted by atomic mass is 32.2. The van der Waals surface area contributed by atoms with E-state index in [0.717, 1.165) is 30.6 Å². The molecule has 2 aromatic carbocycles. The summed E-state index contributed by atoms with van der Waals surface area (Å²) in [6.45, 7) is 4.36. The zero-order chi connectivity index (χ0) is 21.8. The minimum Gasteiger partial charge on any atom is -0.381 e. The summed E-state index contributed by atoms with van der Waals surface area (Å²) in [6.07, 6.45) is 2.44. The third kappa shape index (κ3) is 5.00. The molecule has 0 bridgehead atoms. The molecule has 2 aliphatic rings. The average molecular weight is 443 g/mol. The first-order chi connectivity index (χ1) is 14.9. The summed E-state index contributed by atoms with van der Waals surface area (Å²) in [4.78, 5) is 12.4. The summed E-state index contributed by atoms with van der Waals surface area (Å²) in [6, 6.07) is 16.6. The van der Waals surface area contributed by atoms with Gasteiger partial charge in [-0.15, -0.1) is 0 Å². The van der Waals surface area contributed by atoms with Gasteiger partial charge in [0.2, 0.25) is 10.0 Å². The Balaban J connectivity index is 1.43. The van der Waals surface area contributed by atoms with Gasteiger partial charge in [-0.2, -0.15) is 4.31 Å². The predicted molar refractivity (Wildman–Crippen MR) is 120 cm³/mol. The van der Waals surface area contributed by atoms with Crippen molar-refractivity contribution in [3.63, 3.8) is 0 Å². The Morgan fingerprint density at radius 2 is 1.81 bits per heavy atom. The Labute approximate surface area is 184 Å². The van der Waals surface area contributed by atoms with Gasteiger partial charge >= 0.3 is 0 Å². The molecule has 2 unspecified atom stereocenters. The van der Waals surface area contributed by atoms with Crippen LogP contribution in [0.4, 0.5) is 0 Å². The molecule has 0 aromatic heterocycles. The zero-order valence-corrected chi connectivity index (χ0v) is 18.7. The van der Waals surface area contributed by atoms with Gasteiger partial charge in [0, 0.05) is 37.2 Å². The molecule has 4 rings (SSSR count). The highest BCUT2D eigenvalue weighted by molar-refractivity contribution is 7.89. The second-order valence-corrected chi connectivity index (χ2v) is 10.6. The number of hydrogen-bond donors (Lipinski definition) is 1. The van der Waals surface area contributed by atoms with Crippen LogP contribution in [-0.2, 0) is 21.3 Å². The van der Waals surface area contributed by atoms with Crippen LogP contribution in [0.5, 0.6) is 0 Å². The number of benzene rings is 2. The van der Waals surface area contributed by atoms with E-state index in [0.29, 0.717) is 37.6 Å². The number of nitrogens with one attached hydrogen (secondary N) is 1. The summed E-state index contributed by atoms with van der Waals surface area (Å²) in [5, 5.41) is 2.46. The number of carbonyl (C=O) groups excluding carboxylic acids is 1. The van der Waals surface area contributed by atoms with Gasteiger partial charge in [-0.25, -0.2) is 8.42 Å². The molecule has 2 saturated heterocycles. The molecule has 6 nitrogen and oxygen atoms in total.